The zero-order valence-corrected chi connectivity index (χ0v) is 12.2. The van der Waals surface area contributed by atoms with E-state index in [1.54, 1.807) is 0 Å². The minimum atomic E-state index is 0.156. The zero-order valence-electron chi connectivity index (χ0n) is 12.2. The van der Waals surface area contributed by atoms with E-state index in [1.165, 1.54) is 0 Å². The number of carbonyl (C=O) groups excluding carboxylic acids is 1. The molecule has 0 aliphatic carbocycles. The van der Waals surface area contributed by atoms with Crippen molar-refractivity contribution >= 4 is 5.91 Å². The van der Waals surface area contributed by atoms with Gasteiger partial charge in [-0.05, 0) is 30.9 Å². The summed E-state index contributed by atoms with van der Waals surface area (Å²) in [5.41, 5.74) is 7.81. The van der Waals surface area contributed by atoms with Gasteiger partial charge in [-0.25, -0.2) is 0 Å². The number of carbonyl (C=O) groups is 1. The van der Waals surface area contributed by atoms with Crippen molar-refractivity contribution in [3.8, 4) is 0 Å². The summed E-state index contributed by atoms with van der Waals surface area (Å²) in [4.78, 5) is 14.3. The first-order valence-electron chi connectivity index (χ1n) is 7.40. The third kappa shape index (κ3) is 3.81. The van der Waals surface area contributed by atoms with Crippen LogP contribution in [0.4, 0.5) is 0 Å². The van der Waals surface area contributed by atoms with Crippen molar-refractivity contribution in [2.45, 2.75) is 38.8 Å². The van der Waals surface area contributed by atoms with Gasteiger partial charge in [0, 0.05) is 26.2 Å². The maximum Gasteiger partial charge on any atom is 0.227 e. The van der Waals surface area contributed by atoms with Gasteiger partial charge < -0.3 is 15.4 Å². The minimum Gasteiger partial charge on any atom is -0.376 e. The first kappa shape index (κ1) is 15.0. The Balaban J connectivity index is 1.97. The highest BCUT2D eigenvalue weighted by atomic mass is 16.5. The summed E-state index contributed by atoms with van der Waals surface area (Å²) in [6.45, 7) is 4.75. The fourth-order valence-electron chi connectivity index (χ4n) is 2.65. The van der Waals surface area contributed by atoms with Gasteiger partial charge in [-0.2, -0.15) is 0 Å². The zero-order chi connectivity index (χ0) is 14.4. The van der Waals surface area contributed by atoms with Gasteiger partial charge in [0.15, 0.2) is 0 Å². The summed E-state index contributed by atoms with van der Waals surface area (Å²) < 4.78 is 5.62. The summed E-state index contributed by atoms with van der Waals surface area (Å²) in [5, 5.41) is 0. The molecule has 1 aromatic carbocycles. The Kier molecular flexibility index (Phi) is 5.56. The summed E-state index contributed by atoms with van der Waals surface area (Å²) in [6.07, 6.45) is 2.80. The van der Waals surface area contributed by atoms with E-state index in [1.807, 2.05) is 36.1 Å². The van der Waals surface area contributed by atoms with Crippen LogP contribution in [0.3, 0.4) is 0 Å². The minimum absolute atomic E-state index is 0.156. The SMILES string of the molecule is CCN(CC1CCCO1)C(=O)Cc1ccccc1CN. The van der Waals surface area contributed by atoms with Crippen molar-refractivity contribution in [3.05, 3.63) is 35.4 Å². The third-order valence-electron chi connectivity index (χ3n) is 3.86. The van der Waals surface area contributed by atoms with Crippen LogP contribution < -0.4 is 5.73 Å². The molecule has 1 fully saturated rings. The molecular formula is C16H24N2O2. The Morgan fingerprint density at radius 1 is 1.40 bits per heavy atom. The van der Waals surface area contributed by atoms with Crippen LogP contribution in [0.25, 0.3) is 0 Å². The summed E-state index contributed by atoms with van der Waals surface area (Å²) in [5.74, 6) is 0.156. The van der Waals surface area contributed by atoms with E-state index in [4.69, 9.17) is 10.5 Å². The van der Waals surface area contributed by atoms with Crippen LogP contribution in [0, 0.1) is 0 Å². The first-order valence-corrected chi connectivity index (χ1v) is 7.40. The molecule has 0 bridgehead atoms. The van der Waals surface area contributed by atoms with Crippen LogP contribution in [0.5, 0.6) is 0 Å². The van der Waals surface area contributed by atoms with Crippen LogP contribution >= 0.6 is 0 Å². The topological polar surface area (TPSA) is 55.6 Å². The molecule has 4 heteroatoms. The van der Waals surface area contributed by atoms with Crippen LogP contribution in [-0.2, 0) is 22.5 Å². The Morgan fingerprint density at radius 3 is 2.75 bits per heavy atom. The molecule has 1 aliphatic rings. The van der Waals surface area contributed by atoms with Gasteiger partial charge in [-0.15, -0.1) is 0 Å². The number of likely N-dealkylation sites (N-methyl/N-ethyl adjacent to an activating group) is 1. The molecule has 110 valence electrons. The molecule has 0 saturated carbocycles. The Morgan fingerprint density at radius 2 is 2.15 bits per heavy atom. The van der Waals surface area contributed by atoms with E-state index in [-0.39, 0.29) is 12.0 Å². The Bertz CT molecular complexity index is 442. The van der Waals surface area contributed by atoms with Gasteiger partial charge in [0.05, 0.1) is 12.5 Å². The molecule has 1 aliphatic heterocycles. The number of hydrogen-bond donors (Lipinski definition) is 1. The van der Waals surface area contributed by atoms with Crippen molar-refractivity contribution in [2.75, 3.05) is 19.7 Å². The van der Waals surface area contributed by atoms with Gasteiger partial charge in [-0.1, -0.05) is 24.3 Å². The molecular weight excluding hydrogens is 252 g/mol. The lowest BCUT2D eigenvalue weighted by atomic mass is 10.0. The van der Waals surface area contributed by atoms with Gasteiger partial charge in [-0.3, -0.25) is 4.79 Å². The van der Waals surface area contributed by atoms with Crippen molar-refractivity contribution in [1.29, 1.82) is 0 Å². The molecule has 1 saturated heterocycles. The number of amides is 1. The van der Waals surface area contributed by atoms with E-state index in [9.17, 15) is 4.79 Å². The molecule has 1 atom stereocenters. The molecule has 1 unspecified atom stereocenters. The fraction of sp³-hybridized carbons (Fsp3) is 0.562. The summed E-state index contributed by atoms with van der Waals surface area (Å²) in [7, 11) is 0. The fourth-order valence-corrected chi connectivity index (χ4v) is 2.65. The summed E-state index contributed by atoms with van der Waals surface area (Å²) in [6, 6.07) is 7.89. The first-order chi connectivity index (χ1) is 9.74. The average molecular weight is 276 g/mol. The highest BCUT2D eigenvalue weighted by Gasteiger charge is 2.21. The number of nitrogens with two attached hydrogens (primary N) is 1. The lowest BCUT2D eigenvalue weighted by Crippen LogP contribution is -2.38. The standard InChI is InChI=1S/C16H24N2O2/c1-2-18(12-15-8-5-9-20-15)16(19)10-13-6-3-4-7-14(13)11-17/h3-4,6-7,15H,2,5,8-12,17H2,1H3. The molecule has 0 radical (unpaired) electrons. The third-order valence-corrected chi connectivity index (χ3v) is 3.86. The molecule has 4 nitrogen and oxygen atoms in total. The number of benzene rings is 1. The number of nitrogens with zero attached hydrogens (tertiary/aromatic N) is 1. The quantitative estimate of drug-likeness (QED) is 0.860. The van der Waals surface area contributed by atoms with E-state index < -0.39 is 0 Å². The summed E-state index contributed by atoms with van der Waals surface area (Å²) >= 11 is 0. The van der Waals surface area contributed by atoms with Gasteiger partial charge in [0.2, 0.25) is 5.91 Å². The van der Waals surface area contributed by atoms with Crippen LogP contribution in [0.2, 0.25) is 0 Å². The second-order valence-corrected chi connectivity index (χ2v) is 5.22. The van der Waals surface area contributed by atoms with Crippen LogP contribution in [0.15, 0.2) is 24.3 Å². The maximum absolute atomic E-state index is 12.4. The van der Waals surface area contributed by atoms with E-state index in [0.29, 0.717) is 19.5 Å². The molecule has 20 heavy (non-hydrogen) atoms. The highest BCUT2D eigenvalue weighted by Crippen LogP contribution is 2.15. The predicted molar refractivity (Wildman–Crippen MR) is 79.3 cm³/mol. The van der Waals surface area contributed by atoms with Crippen molar-refractivity contribution in [3.63, 3.8) is 0 Å². The highest BCUT2D eigenvalue weighted by molar-refractivity contribution is 5.79. The van der Waals surface area contributed by atoms with Gasteiger partial charge >= 0.3 is 0 Å². The van der Waals surface area contributed by atoms with Crippen molar-refractivity contribution in [1.82, 2.24) is 4.90 Å². The smallest absolute Gasteiger partial charge is 0.227 e. The van der Waals surface area contributed by atoms with Gasteiger partial charge in [0.25, 0.3) is 0 Å². The largest absolute Gasteiger partial charge is 0.376 e. The van der Waals surface area contributed by atoms with Crippen LogP contribution in [0.1, 0.15) is 30.9 Å². The Hall–Kier alpha value is -1.39. The van der Waals surface area contributed by atoms with Crippen LogP contribution in [-0.4, -0.2) is 36.6 Å². The maximum atomic E-state index is 12.4. The second-order valence-electron chi connectivity index (χ2n) is 5.22. The van der Waals surface area contributed by atoms with E-state index in [2.05, 4.69) is 0 Å². The molecule has 1 heterocycles. The van der Waals surface area contributed by atoms with E-state index >= 15 is 0 Å². The molecule has 1 amide bonds. The molecule has 2 rings (SSSR count). The molecule has 2 N–H and O–H groups in total. The second kappa shape index (κ2) is 7.41. The number of hydrogen-bond acceptors (Lipinski definition) is 3. The van der Waals surface area contributed by atoms with Crippen molar-refractivity contribution < 1.29 is 9.53 Å². The number of ether oxygens (including phenoxy) is 1. The van der Waals surface area contributed by atoms with Gasteiger partial charge in [0.1, 0.15) is 0 Å². The molecule has 0 aromatic heterocycles. The lowest BCUT2D eigenvalue weighted by molar-refractivity contribution is -0.131. The predicted octanol–water partition coefficient (Wildman–Crippen LogP) is 1.72. The monoisotopic (exact) mass is 276 g/mol. The Labute approximate surface area is 120 Å². The number of rotatable bonds is 6. The van der Waals surface area contributed by atoms with Crippen molar-refractivity contribution in [2.24, 2.45) is 5.73 Å². The normalized spacial score (nSPS) is 18.2. The van der Waals surface area contributed by atoms with E-state index in [0.717, 1.165) is 37.1 Å². The molecule has 0 spiro atoms. The molecule has 1 aromatic rings. The average Bonchev–Trinajstić information content (AvgIpc) is 2.98. The lowest BCUT2D eigenvalue weighted by Gasteiger charge is -2.24.